The Kier molecular flexibility index (Phi) is 7.69. The molecule has 1 heterocycles. The molecule has 0 aliphatic carbocycles. The third-order valence-electron chi connectivity index (χ3n) is 5.25. The van der Waals surface area contributed by atoms with E-state index in [1.54, 1.807) is 24.3 Å². The largest absolute Gasteiger partial charge is 0.467 e. The minimum Gasteiger partial charge on any atom is -0.467 e. The van der Waals surface area contributed by atoms with Crippen molar-refractivity contribution in [2.75, 3.05) is 5.32 Å². The molecule has 0 spiro atoms. The molecule has 0 bridgehead atoms. The fourth-order valence-corrected chi connectivity index (χ4v) is 4.48. The van der Waals surface area contributed by atoms with Crippen molar-refractivity contribution >= 4 is 27.6 Å². The van der Waals surface area contributed by atoms with E-state index in [0.29, 0.717) is 17.0 Å². The summed E-state index contributed by atoms with van der Waals surface area (Å²) in [7, 11) is -4.11. The van der Waals surface area contributed by atoms with Crippen molar-refractivity contribution < 1.29 is 31.0 Å². The summed E-state index contributed by atoms with van der Waals surface area (Å²) in [4.78, 5) is 25.7. The van der Waals surface area contributed by atoms with E-state index in [9.17, 15) is 22.4 Å². The lowest BCUT2D eigenvalue weighted by Crippen LogP contribution is -2.30. The number of amides is 2. The molecule has 1 N–H and O–H groups in total. The molecule has 0 atom stereocenters. The van der Waals surface area contributed by atoms with E-state index in [1.807, 2.05) is 0 Å². The van der Waals surface area contributed by atoms with Crippen LogP contribution in [0.25, 0.3) is 0 Å². The summed E-state index contributed by atoms with van der Waals surface area (Å²) in [6.07, 6.45) is 1.50. The number of hydrogen-bond donors (Lipinski definition) is 1. The van der Waals surface area contributed by atoms with Crippen LogP contribution in [0.2, 0.25) is 0 Å². The van der Waals surface area contributed by atoms with Crippen LogP contribution in [0.5, 0.6) is 5.75 Å². The molecule has 0 saturated heterocycles. The number of nitrogens with one attached hydrogen (secondary N) is 1. The molecule has 0 unspecified atom stereocenters. The molecule has 0 aliphatic heterocycles. The van der Waals surface area contributed by atoms with E-state index in [-0.39, 0.29) is 41.1 Å². The van der Waals surface area contributed by atoms with Gasteiger partial charge in [-0.2, -0.15) is 8.42 Å². The average molecular weight is 523 g/mol. The highest BCUT2D eigenvalue weighted by Gasteiger charge is 2.20. The number of rotatable bonds is 9. The second-order valence-electron chi connectivity index (χ2n) is 8.14. The van der Waals surface area contributed by atoms with Crippen LogP contribution in [-0.4, -0.2) is 25.1 Å². The number of hydrogen-bond acceptors (Lipinski definition) is 6. The summed E-state index contributed by atoms with van der Waals surface area (Å²) < 4.78 is 49.6. The second-order valence-corrected chi connectivity index (χ2v) is 9.68. The predicted molar refractivity (Wildman–Crippen MR) is 134 cm³/mol. The van der Waals surface area contributed by atoms with Crippen LogP contribution in [0, 0.1) is 5.82 Å². The lowest BCUT2D eigenvalue weighted by atomic mass is 10.1. The van der Waals surface area contributed by atoms with Gasteiger partial charge in [-0.05, 0) is 72.3 Å². The van der Waals surface area contributed by atoms with E-state index in [0.717, 1.165) is 0 Å². The smallest absolute Gasteiger partial charge is 0.339 e. The van der Waals surface area contributed by atoms with Crippen LogP contribution in [0.15, 0.2) is 101 Å². The van der Waals surface area contributed by atoms with Crippen molar-refractivity contribution in [3.8, 4) is 5.75 Å². The fourth-order valence-electron chi connectivity index (χ4n) is 3.55. The Hall–Kier alpha value is -4.44. The molecule has 0 saturated carbocycles. The van der Waals surface area contributed by atoms with Gasteiger partial charge in [-0.25, -0.2) is 4.39 Å². The molecule has 1 aromatic heterocycles. The Morgan fingerprint density at radius 3 is 2.30 bits per heavy atom. The maximum Gasteiger partial charge on any atom is 0.339 e. The molecule has 190 valence electrons. The van der Waals surface area contributed by atoms with E-state index >= 15 is 0 Å². The molecule has 2 amide bonds. The van der Waals surface area contributed by atoms with Gasteiger partial charge in [0.05, 0.1) is 12.8 Å². The summed E-state index contributed by atoms with van der Waals surface area (Å²) in [5, 5.41) is 2.56. The molecule has 0 radical (unpaired) electrons. The molecular formula is C27H23FN2O6S. The molecular weight excluding hydrogens is 499 g/mol. The number of carbonyl (C=O) groups is 2. The Bertz CT molecular complexity index is 1480. The number of anilines is 1. The molecule has 4 rings (SSSR count). The zero-order valence-corrected chi connectivity index (χ0v) is 20.6. The number of furan rings is 1. The quantitative estimate of drug-likeness (QED) is 0.311. The predicted octanol–water partition coefficient (Wildman–Crippen LogP) is 4.99. The minimum absolute atomic E-state index is 0.0732. The first kappa shape index (κ1) is 25.6. The molecule has 0 fully saturated rings. The lowest BCUT2D eigenvalue weighted by Gasteiger charge is -2.22. The van der Waals surface area contributed by atoms with Crippen LogP contribution >= 0.6 is 0 Å². The van der Waals surface area contributed by atoms with E-state index in [4.69, 9.17) is 8.60 Å². The van der Waals surface area contributed by atoms with Gasteiger partial charge in [-0.3, -0.25) is 9.59 Å². The molecule has 37 heavy (non-hydrogen) atoms. The van der Waals surface area contributed by atoms with Gasteiger partial charge in [0, 0.05) is 24.7 Å². The fraction of sp³-hybridized carbons (Fsp3) is 0.111. The Morgan fingerprint density at radius 2 is 1.68 bits per heavy atom. The summed E-state index contributed by atoms with van der Waals surface area (Å²) in [5.41, 5.74) is 1.35. The number of halogens is 1. The Labute approximate surface area is 213 Å². The summed E-state index contributed by atoms with van der Waals surface area (Å²) in [6, 6.07) is 20.7. The second kappa shape index (κ2) is 11.1. The van der Waals surface area contributed by atoms with Crippen molar-refractivity contribution in [3.05, 3.63) is 114 Å². The molecule has 4 aromatic rings. The Morgan fingerprint density at radius 1 is 0.946 bits per heavy atom. The molecule has 8 nitrogen and oxygen atoms in total. The third-order valence-corrected chi connectivity index (χ3v) is 6.51. The average Bonchev–Trinajstić information content (AvgIpc) is 3.37. The monoisotopic (exact) mass is 522 g/mol. The number of nitrogens with zero attached hydrogens (tertiary/aromatic N) is 1. The molecule has 0 aliphatic rings. The molecule has 3 aromatic carbocycles. The van der Waals surface area contributed by atoms with E-state index in [2.05, 4.69) is 5.32 Å². The van der Waals surface area contributed by atoms with Crippen molar-refractivity contribution in [2.45, 2.75) is 24.9 Å². The van der Waals surface area contributed by atoms with Crippen LogP contribution in [0.4, 0.5) is 10.1 Å². The van der Waals surface area contributed by atoms with Gasteiger partial charge in [0.1, 0.15) is 22.2 Å². The number of benzene rings is 3. The summed E-state index contributed by atoms with van der Waals surface area (Å²) >= 11 is 0. The third kappa shape index (κ3) is 6.83. The van der Waals surface area contributed by atoms with Gasteiger partial charge in [0.25, 0.3) is 5.91 Å². The van der Waals surface area contributed by atoms with Gasteiger partial charge >= 0.3 is 10.1 Å². The van der Waals surface area contributed by atoms with Crippen molar-refractivity contribution in [2.24, 2.45) is 0 Å². The van der Waals surface area contributed by atoms with Crippen molar-refractivity contribution in [1.29, 1.82) is 0 Å². The van der Waals surface area contributed by atoms with E-state index in [1.165, 1.54) is 78.8 Å². The normalized spacial score (nSPS) is 11.1. The summed E-state index contributed by atoms with van der Waals surface area (Å²) in [6.45, 7) is 1.67. The maximum absolute atomic E-state index is 13.7. The maximum atomic E-state index is 13.7. The van der Waals surface area contributed by atoms with Crippen molar-refractivity contribution in [3.63, 3.8) is 0 Å². The minimum atomic E-state index is -4.11. The van der Waals surface area contributed by atoms with Gasteiger partial charge in [-0.15, -0.1) is 0 Å². The van der Waals surface area contributed by atoms with Gasteiger partial charge in [-0.1, -0.05) is 18.2 Å². The first-order chi connectivity index (χ1) is 17.7. The highest BCUT2D eigenvalue weighted by atomic mass is 32.2. The van der Waals surface area contributed by atoms with Gasteiger partial charge in [0.2, 0.25) is 5.91 Å². The first-order valence-electron chi connectivity index (χ1n) is 11.2. The zero-order valence-electron chi connectivity index (χ0n) is 19.8. The van der Waals surface area contributed by atoms with Gasteiger partial charge in [0.15, 0.2) is 0 Å². The van der Waals surface area contributed by atoms with Crippen LogP contribution in [0.1, 0.15) is 28.6 Å². The number of carbonyl (C=O) groups excluding carboxylic acids is 2. The lowest BCUT2D eigenvalue weighted by molar-refractivity contribution is -0.114. The van der Waals surface area contributed by atoms with Crippen LogP contribution < -0.4 is 9.50 Å². The van der Waals surface area contributed by atoms with Gasteiger partial charge < -0.3 is 18.8 Å². The van der Waals surface area contributed by atoms with Crippen molar-refractivity contribution in [1.82, 2.24) is 4.90 Å². The Balaban J connectivity index is 1.48. The highest BCUT2D eigenvalue weighted by molar-refractivity contribution is 7.87. The van der Waals surface area contributed by atoms with Crippen LogP contribution in [-0.2, 0) is 28.0 Å². The summed E-state index contributed by atoms with van der Waals surface area (Å²) in [5.74, 6) is -0.533. The first-order valence-corrected chi connectivity index (χ1v) is 12.6. The standard InChI is InChI=1S/C27H23FN2O6S/c1-19(31)29-23-9-13-26(14-10-23)37(33,34)36-24-11-7-20(8-12-24)17-30(18-25-6-3-15-35-25)27(32)21-4-2-5-22(28)16-21/h2-16H,17-18H2,1H3,(H,29,31). The van der Waals surface area contributed by atoms with Crippen LogP contribution in [0.3, 0.4) is 0 Å². The highest BCUT2D eigenvalue weighted by Crippen LogP contribution is 2.22. The SMILES string of the molecule is CC(=O)Nc1ccc(S(=O)(=O)Oc2ccc(CN(Cc3ccco3)C(=O)c3cccc(F)c3)cc2)cc1. The van der Waals surface area contributed by atoms with E-state index < -0.39 is 15.9 Å². The zero-order chi connectivity index (χ0) is 26.4. The topological polar surface area (TPSA) is 106 Å². The molecule has 10 heteroatoms.